The largest absolute Gasteiger partial charge is 0.392 e. The van der Waals surface area contributed by atoms with Gasteiger partial charge in [0.05, 0.1) is 17.9 Å². The number of anilines is 1. The van der Waals surface area contributed by atoms with E-state index in [4.69, 9.17) is 0 Å². The van der Waals surface area contributed by atoms with E-state index in [0.29, 0.717) is 34.7 Å². The number of carbonyl (C=O) groups excluding carboxylic acids is 1. The number of aliphatic hydroxyl groups excluding tert-OH is 2. The van der Waals surface area contributed by atoms with Crippen molar-refractivity contribution < 1.29 is 19.4 Å². The summed E-state index contributed by atoms with van der Waals surface area (Å²) in [6, 6.07) is 1.54. The van der Waals surface area contributed by atoms with Crippen LogP contribution in [0.1, 0.15) is 51.6 Å². The molecule has 1 unspecified atom stereocenters. The van der Waals surface area contributed by atoms with Crippen molar-refractivity contribution in [1.82, 2.24) is 20.1 Å². The molecule has 1 aliphatic heterocycles. The fraction of sp³-hybridized carbons (Fsp3) is 0.435. The zero-order chi connectivity index (χ0) is 24.0. The molecule has 0 spiro atoms. The number of nitrogens with zero attached hydrogens (tertiary/aromatic N) is 4. The monoisotopic (exact) mass is 473 g/mol. The van der Waals surface area contributed by atoms with Crippen LogP contribution in [-0.2, 0) is 13.0 Å². The molecule has 0 aromatic carbocycles. The van der Waals surface area contributed by atoms with Crippen molar-refractivity contribution in [2.24, 2.45) is 5.92 Å². The van der Waals surface area contributed by atoms with E-state index in [9.17, 15) is 19.4 Å². The maximum Gasteiger partial charge on any atom is 0.260 e. The number of thiophene rings is 1. The van der Waals surface area contributed by atoms with Crippen molar-refractivity contribution in [3.05, 3.63) is 51.2 Å². The first kappa shape index (κ1) is 23.3. The molecular weight excluding hydrogens is 445 g/mol. The molecule has 1 aliphatic rings. The highest BCUT2D eigenvalue weighted by Gasteiger charge is 2.40. The van der Waals surface area contributed by atoms with Gasteiger partial charge in [0.25, 0.3) is 5.91 Å². The number of carbonyl (C=O) groups is 1. The number of nitrogens with one attached hydrogen (secondary N) is 1. The molecule has 0 saturated heterocycles. The van der Waals surface area contributed by atoms with Gasteiger partial charge < -0.3 is 15.1 Å². The second-order valence-electron chi connectivity index (χ2n) is 8.81. The molecular formula is C23H28FN5O3S. The maximum atomic E-state index is 14.1. The van der Waals surface area contributed by atoms with Gasteiger partial charge in [-0.3, -0.25) is 14.8 Å². The van der Waals surface area contributed by atoms with Gasteiger partial charge in [-0.1, -0.05) is 13.8 Å². The number of H-pyrrole nitrogens is 1. The normalized spacial score (nSPS) is 16.2. The first-order valence-corrected chi connectivity index (χ1v) is 11.6. The number of halogens is 1. The van der Waals surface area contributed by atoms with Crippen LogP contribution in [0.4, 0.5) is 9.39 Å². The summed E-state index contributed by atoms with van der Waals surface area (Å²) >= 11 is 1.44. The fourth-order valence-corrected chi connectivity index (χ4v) is 5.55. The van der Waals surface area contributed by atoms with Crippen LogP contribution in [-0.4, -0.2) is 56.1 Å². The van der Waals surface area contributed by atoms with E-state index in [-0.39, 0.29) is 17.4 Å². The third kappa shape index (κ3) is 4.03. The van der Waals surface area contributed by atoms with Crippen molar-refractivity contribution in [1.29, 1.82) is 0 Å². The van der Waals surface area contributed by atoms with E-state index in [1.807, 2.05) is 32.6 Å². The highest BCUT2D eigenvalue weighted by atomic mass is 32.1. The molecule has 0 fully saturated rings. The van der Waals surface area contributed by atoms with Crippen LogP contribution in [0.3, 0.4) is 0 Å². The first-order chi connectivity index (χ1) is 15.6. The van der Waals surface area contributed by atoms with Gasteiger partial charge in [-0.25, -0.2) is 4.98 Å². The molecule has 1 atom stereocenters. The lowest BCUT2D eigenvalue weighted by Crippen LogP contribution is -2.54. The van der Waals surface area contributed by atoms with Crippen LogP contribution in [0.2, 0.25) is 0 Å². The zero-order valence-electron chi connectivity index (χ0n) is 19.3. The second-order valence-corrected chi connectivity index (χ2v) is 9.89. The van der Waals surface area contributed by atoms with E-state index in [0.717, 1.165) is 21.8 Å². The predicted octanol–water partition coefficient (Wildman–Crippen LogP) is 3.20. The summed E-state index contributed by atoms with van der Waals surface area (Å²) in [7, 11) is 1.57. The number of aliphatic hydroxyl groups is 2. The number of aromatic nitrogens is 3. The van der Waals surface area contributed by atoms with Gasteiger partial charge in [-0.15, -0.1) is 11.3 Å². The topological polar surface area (TPSA) is 106 Å². The summed E-state index contributed by atoms with van der Waals surface area (Å²) in [5.41, 5.74) is 4.53. The van der Waals surface area contributed by atoms with Crippen LogP contribution < -0.4 is 4.90 Å². The molecule has 3 N–H and O–H groups in total. The van der Waals surface area contributed by atoms with Gasteiger partial charge >= 0.3 is 0 Å². The van der Waals surface area contributed by atoms with Crippen molar-refractivity contribution >= 4 is 22.2 Å². The quantitative estimate of drug-likeness (QED) is 0.475. The minimum atomic E-state index is -1.08. The number of hydrogen-bond acceptors (Lipinski definition) is 7. The Kier molecular flexibility index (Phi) is 6.26. The molecule has 176 valence electrons. The zero-order valence-corrected chi connectivity index (χ0v) is 20.1. The molecule has 1 amide bonds. The van der Waals surface area contributed by atoms with Gasteiger partial charge in [0, 0.05) is 59.0 Å². The van der Waals surface area contributed by atoms with Crippen LogP contribution in [0.25, 0.3) is 11.1 Å². The number of aryl methyl sites for hydroxylation is 2. The summed E-state index contributed by atoms with van der Waals surface area (Å²) < 4.78 is 14.1. The Hall–Kier alpha value is -2.82. The molecule has 10 heteroatoms. The Morgan fingerprint density at radius 3 is 2.64 bits per heavy atom. The van der Waals surface area contributed by atoms with Gasteiger partial charge in [-0.2, -0.15) is 9.49 Å². The summed E-state index contributed by atoms with van der Waals surface area (Å²) in [5, 5.41) is 28.4. The summed E-state index contributed by atoms with van der Waals surface area (Å²) in [6.07, 6.45) is 0.819. The van der Waals surface area contributed by atoms with Crippen LogP contribution in [0.5, 0.6) is 0 Å². The molecule has 33 heavy (non-hydrogen) atoms. The molecule has 4 rings (SSSR count). The van der Waals surface area contributed by atoms with E-state index < -0.39 is 18.9 Å². The Morgan fingerprint density at radius 2 is 2.03 bits per heavy atom. The number of amides is 1. The lowest BCUT2D eigenvalue weighted by atomic mass is 9.96. The van der Waals surface area contributed by atoms with Crippen molar-refractivity contribution in [3.63, 3.8) is 0 Å². The third-order valence-corrected chi connectivity index (χ3v) is 7.16. The van der Waals surface area contributed by atoms with Crippen LogP contribution in [0, 0.1) is 25.7 Å². The first-order valence-electron chi connectivity index (χ1n) is 10.8. The highest BCUT2D eigenvalue weighted by molar-refractivity contribution is 7.17. The average molecular weight is 474 g/mol. The molecule has 4 heterocycles. The average Bonchev–Trinajstić information content (AvgIpc) is 3.31. The summed E-state index contributed by atoms with van der Waals surface area (Å²) in [6.45, 7) is 8.02. The van der Waals surface area contributed by atoms with Crippen molar-refractivity contribution in [2.75, 3.05) is 18.5 Å². The molecule has 0 radical (unpaired) electrons. The van der Waals surface area contributed by atoms with Crippen molar-refractivity contribution in [2.45, 2.75) is 47.1 Å². The molecule has 8 nitrogen and oxygen atoms in total. The second kappa shape index (κ2) is 8.85. The number of hydrogen-bond donors (Lipinski definition) is 3. The van der Waals surface area contributed by atoms with E-state index >= 15 is 0 Å². The number of rotatable bonds is 6. The SMILES string of the molecule is Cc1n[nH]c(C)c1Cc1sc2c(c1-c1cnc(F)c(CO)c1)C(=O)N(C)C(O)N2CC(C)C. The molecule has 3 aromatic heterocycles. The Bertz CT molecular complexity index is 1190. The number of pyridine rings is 1. The van der Waals surface area contributed by atoms with E-state index in [2.05, 4.69) is 15.2 Å². The van der Waals surface area contributed by atoms with Crippen molar-refractivity contribution in [3.8, 4) is 11.1 Å². The summed E-state index contributed by atoms with van der Waals surface area (Å²) in [4.78, 5) is 21.3. The highest BCUT2D eigenvalue weighted by Crippen LogP contribution is 2.47. The molecule has 0 aliphatic carbocycles. The Balaban J connectivity index is 1.98. The Labute approximate surface area is 195 Å². The van der Waals surface area contributed by atoms with Crippen LogP contribution in [0.15, 0.2) is 12.3 Å². The maximum absolute atomic E-state index is 14.1. The minimum Gasteiger partial charge on any atom is -0.392 e. The number of aromatic amines is 1. The minimum absolute atomic E-state index is 0.0600. The van der Waals surface area contributed by atoms with E-state index in [1.165, 1.54) is 28.5 Å². The summed E-state index contributed by atoms with van der Waals surface area (Å²) in [5.74, 6) is -0.811. The lowest BCUT2D eigenvalue weighted by Gasteiger charge is -2.40. The fourth-order valence-electron chi connectivity index (χ4n) is 4.20. The standard InChI is InChI=1S/C23H28FN5O3S/c1-11(2)9-29-22-19(21(31)28(5)23(29)32)18(14-6-15(10-30)20(24)25-8-14)17(33-22)7-16-12(3)26-27-13(16)4/h6,8,11,23,30,32H,7,9-10H2,1-5H3,(H,26,27). The van der Waals surface area contributed by atoms with Gasteiger partial charge in [0.15, 0.2) is 0 Å². The predicted molar refractivity (Wildman–Crippen MR) is 125 cm³/mol. The molecule has 3 aromatic rings. The van der Waals surface area contributed by atoms with E-state index in [1.54, 1.807) is 7.05 Å². The molecule has 0 bridgehead atoms. The van der Waals surface area contributed by atoms with Gasteiger partial charge in [0.2, 0.25) is 12.3 Å². The molecule has 0 saturated carbocycles. The van der Waals surface area contributed by atoms with Gasteiger partial charge in [-0.05, 0) is 25.8 Å². The smallest absolute Gasteiger partial charge is 0.260 e. The Morgan fingerprint density at radius 1 is 1.30 bits per heavy atom. The number of fused-ring (bicyclic) bond motifs is 1. The van der Waals surface area contributed by atoms with Crippen LogP contribution >= 0.6 is 11.3 Å². The van der Waals surface area contributed by atoms with Gasteiger partial charge in [0.1, 0.15) is 5.00 Å². The lowest BCUT2D eigenvalue weighted by molar-refractivity contribution is 0.0133. The third-order valence-electron chi connectivity index (χ3n) is 5.93.